The molecule has 9 nitrogen and oxygen atoms in total. The van der Waals surface area contributed by atoms with Gasteiger partial charge in [-0.25, -0.2) is 0 Å². The summed E-state index contributed by atoms with van der Waals surface area (Å²) in [6.07, 6.45) is 5.54. The van der Waals surface area contributed by atoms with Crippen LogP contribution in [0.4, 0.5) is 5.69 Å². The van der Waals surface area contributed by atoms with E-state index in [4.69, 9.17) is 0 Å². The van der Waals surface area contributed by atoms with Gasteiger partial charge in [-0.1, -0.05) is 12.1 Å². The number of fused-ring (bicyclic) bond motifs is 1. The second-order valence-corrected chi connectivity index (χ2v) is 8.05. The number of benzene rings is 1. The summed E-state index contributed by atoms with van der Waals surface area (Å²) in [5.41, 5.74) is 3.52. The van der Waals surface area contributed by atoms with Crippen molar-refractivity contribution in [1.82, 2.24) is 25.3 Å². The van der Waals surface area contributed by atoms with Crippen molar-refractivity contribution >= 4 is 23.4 Å². The Morgan fingerprint density at radius 1 is 1.20 bits per heavy atom. The summed E-state index contributed by atoms with van der Waals surface area (Å²) in [5.74, 6) is -0.817. The molecule has 3 N–H and O–H groups in total. The maximum atomic E-state index is 12.9. The Labute approximate surface area is 173 Å². The molecule has 4 heterocycles. The predicted molar refractivity (Wildman–Crippen MR) is 109 cm³/mol. The maximum absolute atomic E-state index is 12.9. The fraction of sp³-hybridized carbons (Fsp3) is 0.429. The van der Waals surface area contributed by atoms with Crippen LogP contribution >= 0.6 is 0 Å². The van der Waals surface area contributed by atoms with Gasteiger partial charge in [0.2, 0.25) is 11.8 Å². The van der Waals surface area contributed by atoms with Crippen LogP contribution in [0.1, 0.15) is 46.8 Å². The minimum atomic E-state index is -0.596. The zero-order valence-electron chi connectivity index (χ0n) is 16.6. The number of carbonyl (C=O) groups is 3. The van der Waals surface area contributed by atoms with Gasteiger partial charge in [0.15, 0.2) is 0 Å². The van der Waals surface area contributed by atoms with Gasteiger partial charge in [0, 0.05) is 37.8 Å². The fourth-order valence-electron chi connectivity index (χ4n) is 4.51. The van der Waals surface area contributed by atoms with Crippen molar-refractivity contribution in [1.29, 1.82) is 0 Å². The van der Waals surface area contributed by atoms with Crippen LogP contribution in [0, 0.1) is 0 Å². The van der Waals surface area contributed by atoms with Gasteiger partial charge in [-0.2, -0.15) is 5.10 Å². The number of aromatic nitrogens is 2. The first-order valence-corrected chi connectivity index (χ1v) is 10.3. The third kappa shape index (κ3) is 3.35. The molecule has 2 fully saturated rings. The highest BCUT2D eigenvalue weighted by atomic mass is 16.2. The van der Waals surface area contributed by atoms with Crippen LogP contribution in [0.3, 0.4) is 0 Å². The number of carbonyl (C=O) groups excluding carboxylic acids is 3. The van der Waals surface area contributed by atoms with Gasteiger partial charge in [0.05, 0.1) is 17.9 Å². The molecule has 0 bridgehead atoms. The Balaban J connectivity index is 1.30. The van der Waals surface area contributed by atoms with Crippen molar-refractivity contribution in [3.8, 4) is 0 Å². The van der Waals surface area contributed by atoms with E-state index in [-0.39, 0.29) is 24.1 Å². The van der Waals surface area contributed by atoms with Gasteiger partial charge in [-0.05, 0) is 36.6 Å². The van der Waals surface area contributed by atoms with Crippen LogP contribution < -0.4 is 16.0 Å². The van der Waals surface area contributed by atoms with Crippen LogP contribution in [0.5, 0.6) is 0 Å². The molecule has 156 valence electrons. The van der Waals surface area contributed by atoms with E-state index in [9.17, 15) is 14.4 Å². The zero-order chi connectivity index (χ0) is 20.7. The van der Waals surface area contributed by atoms with Crippen molar-refractivity contribution in [3.05, 3.63) is 47.3 Å². The number of amides is 3. The van der Waals surface area contributed by atoms with Crippen molar-refractivity contribution < 1.29 is 14.4 Å². The number of hydrogen-bond donors (Lipinski definition) is 3. The second-order valence-electron chi connectivity index (χ2n) is 8.05. The van der Waals surface area contributed by atoms with Crippen molar-refractivity contribution in [2.24, 2.45) is 0 Å². The fourth-order valence-corrected chi connectivity index (χ4v) is 4.51. The Morgan fingerprint density at radius 3 is 2.90 bits per heavy atom. The van der Waals surface area contributed by atoms with Crippen molar-refractivity contribution in [2.75, 3.05) is 18.4 Å². The zero-order valence-corrected chi connectivity index (χ0v) is 16.6. The molecule has 1 aromatic heterocycles. The quantitative estimate of drug-likeness (QED) is 0.632. The monoisotopic (exact) mass is 408 g/mol. The molecule has 0 aliphatic carbocycles. The molecule has 0 saturated carbocycles. The van der Waals surface area contributed by atoms with E-state index in [0.29, 0.717) is 31.1 Å². The lowest BCUT2D eigenvalue weighted by Gasteiger charge is -2.29. The first kappa shape index (κ1) is 18.8. The number of anilines is 1. The van der Waals surface area contributed by atoms with E-state index in [2.05, 4.69) is 21.0 Å². The lowest BCUT2D eigenvalue weighted by Crippen LogP contribution is -2.52. The summed E-state index contributed by atoms with van der Waals surface area (Å²) >= 11 is 0. The van der Waals surface area contributed by atoms with Gasteiger partial charge in [-0.3, -0.25) is 24.4 Å². The average Bonchev–Trinajstić information content (AvgIpc) is 3.47. The number of imide groups is 1. The molecule has 5 rings (SSSR count). The Bertz CT molecular complexity index is 1010. The summed E-state index contributed by atoms with van der Waals surface area (Å²) < 4.78 is 1.99. The van der Waals surface area contributed by atoms with E-state index < -0.39 is 6.04 Å². The molecule has 3 aliphatic rings. The minimum Gasteiger partial charge on any atom is -0.378 e. The van der Waals surface area contributed by atoms with Gasteiger partial charge >= 0.3 is 0 Å². The first-order chi connectivity index (χ1) is 14.6. The van der Waals surface area contributed by atoms with E-state index in [1.807, 2.05) is 29.2 Å². The maximum Gasteiger partial charge on any atom is 0.255 e. The average molecular weight is 408 g/mol. The SMILES string of the molecule is O=C1CCC(N2Cc3c(CNc4cnn(C5CCNC5)c4)cccc3C2=O)C(=O)N1. The number of nitrogens with zero attached hydrogens (tertiary/aromatic N) is 3. The minimum absolute atomic E-state index is 0.150. The third-order valence-electron chi connectivity index (χ3n) is 6.17. The number of rotatable bonds is 5. The topological polar surface area (TPSA) is 108 Å². The molecule has 0 radical (unpaired) electrons. The normalized spacial score (nSPS) is 23.6. The summed E-state index contributed by atoms with van der Waals surface area (Å²) in [6.45, 7) is 2.90. The number of piperidine rings is 1. The molecule has 0 spiro atoms. The highest BCUT2D eigenvalue weighted by Gasteiger charge is 2.39. The largest absolute Gasteiger partial charge is 0.378 e. The van der Waals surface area contributed by atoms with Gasteiger partial charge < -0.3 is 15.5 Å². The summed E-state index contributed by atoms with van der Waals surface area (Å²) in [5, 5.41) is 13.5. The predicted octanol–water partition coefficient (Wildman–Crippen LogP) is 0.791. The van der Waals surface area contributed by atoms with E-state index in [1.54, 1.807) is 11.0 Å². The summed E-state index contributed by atoms with van der Waals surface area (Å²) in [6, 6.07) is 5.47. The molecule has 30 heavy (non-hydrogen) atoms. The molecule has 3 aliphatic heterocycles. The lowest BCUT2D eigenvalue weighted by molar-refractivity contribution is -0.136. The van der Waals surface area contributed by atoms with E-state index >= 15 is 0 Å². The van der Waals surface area contributed by atoms with Crippen LogP contribution in [0.15, 0.2) is 30.6 Å². The molecule has 2 aromatic rings. The molecule has 2 atom stereocenters. The molecule has 3 amide bonds. The molecular formula is C21H24N6O3. The highest BCUT2D eigenvalue weighted by molar-refractivity contribution is 6.05. The van der Waals surface area contributed by atoms with E-state index in [1.165, 1.54) is 0 Å². The number of hydrogen-bond acceptors (Lipinski definition) is 6. The standard InChI is InChI=1S/C21H24N6O3/c28-19-5-4-18(20(29)25-19)26-12-17-13(2-1-3-16(17)21(26)30)8-23-14-9-24-27(11-14)15-6-7-22-10-15/h1-3,9,11,15,18,22-23H,4-8,10,12H2,(H,25,28,29). The van der Waals surface area contributed by atoms with Crippen molar-refractivity contribution in [2.45, 2.75) is 44.4 Å². The molecule has 1 aromatic carbocycles. The van der Waals surface area contributed by atoms with Crippen molar-refractivity contribution in [3.63, 3.8) is 0 Å². The smallest absolute Gasteiger partial charge is 0.255 e. The second kappa shape index (κ2) is 7.56. The Morgan fingerprint density at radius 2 is 2.10 bits per heavy atom. The molecule has 2 unspecified atom stereocenters. The van der Waals surface area contributed by atoms with Gasteiger partial charge in [0.25, 0.3) is 5.91 Å². The first-order valence-electron chi connectivity index (χ1n) is 10.3. The summed E-state index contributed by atoms with van der Waals surface area (Å²) in [7, 11) is 0. The van der Waals surface area contributed by atoms with Gasteiger partial charge in [-0.15, -0.1) is 0 Å². The summed E-state index contributed by atoms with van der Waals surface area (Å²) in [4.78, 5) is 38.2. The lowest BCUT2D eigenvalue weighted by atomic mass is 10.0. The molecular weight excluding hydrogens is 384 g/mol. The Kier molecular flexibility index (Phi) is 4.74. The van der Waals surface area contributed by atoms with Crippen LogP contribution in [-0.4, -0.2) is 51.5 Å². The Hall–Kier alpha value is -3.20. The van der Waals surface area contributed by atoms with Crippen LogP contribution in [0.2, 0.25) is 0 Å². The van der Waals surface area contributed by atoms with E-state index in [0.717, 1.165) is 36.3 Å². The molecule has 9 heteroatoms. The molecule has 2 saturated heterocycles. The van der Waals surface area contributed by atoms with Crippen LogP contribution in [0.25, 0.3) is 0 Å². The van der Waals surface area contributed by atoms with Gasteiger partial charge in [0.1, 0.15) is 6.04 Å². The third-order valence-corrected chi connectivity index (χ3v) is 6.17. The highest BCUT2D eigenvalue weighted by Crippen LogP contribution is 2.30. The number of nitrogens with one attached hydrogen (secondary N) is 3. The van der Waals surface area contributed by atoms with Crippen LogP contribution in [-0.2, 0) is 22.7 Å².